The van der Waals surface area contributed by atoms with Crippen molar-refractivity contribution in [3.05, 3.63) is 47.8 Å². The molecule has 0 aliphatic carbocycles. The molecule has 1 aromatic carbocycles. The van der Waals surface area contributed by atoms with Crippen molar-refractivity contribution in [3.63, 3.8) is 0 Å². The maximum absolute atomic E-state index is 10.2. The van der Waals surface area contributed by atoms with Crippen LogP contribution in [0.1, 0.15) is 30.4 Å². The van der Waals surface area contributed by atoms with Gasteiger partial charge in [0.15, 0.2) is 0 Å². The molecule has 2 aliphatic rings. The van der Waals surface area contributed by atoms with Crippen molar-refractivity contribution in [2.24, 2.45) is 5.41 Å². The van der Waals surface area contributed by atoms with Gasteiger partial charge in [-0.25, -0.2) is 0 Å². The third-order valence-corrected chi connectivity index (χ3v) is 6.36. The summed E-state index contributed by atoms with van der Waals surface area (Å²) in [5.74, 6) is 0.913. The normalized spacial score (nSPS) is 23.2. The van der Waals surface area contributed by atoms with E-state index in [4.69, 9.17) is 4.74 Å². The second-order valence-electron chi connectivity index (χ2n) is 8.68. The molecule has 1 atom stereocenters. The highest BCUT2D eigenvalue weighted by molar-refractivity contribution is 5.37. The second-order valence-corrected chi connectivity index (χ2v) is 8.68. The number of β-amino-alcohol motifs (C(OH)–C–C–N with tert-alkyl or cyclic N) is 1. The van der Waals surface area contributed by atoms with Crippen molar-refractivity contribution in [2.75, 3.05) is 40.3 Å². The Morgan fingerprint density at radius 1 is 1.25 bits per heavy atom. The Bertz CT molecular complexity index is 757. The third kappa shape index (κ3) is 4.40. The largest absolute Gasteiger partial charge is 0.496 e. The van der Waals surface area contributed by atoms with E-state index in [1.165, 1.54) is 18.4 Å². The zero-order valence-corrected chi connectivity index (χ0v) is 17.0. The molecule has 2 aromatic rings. The number of rotatable bonds is 5. The summed E-state index contributed by atoms with van der Waals surface area (Å²) in [5, 5.41) is 14.5. The van der Waals surface area contributed by atoms with Crippen LogP contribution in [0.2, 0.25) is 0 Å². The minimum absolute atomic E-state index is 0.170. The van der Waals surface area contributed by atoms with Gasteiger partial charge < -0.3 is 14.7 Å². The van der Waals surface area contributed by atoms with Crippen LogP contribution in [0.4, 0.5) is 0 Å². The number of ether oxygens (including phenoxy) is 1. The molecule has 4 rings (SSSR count). The van der Waals surface area contributed by atoms with Gasteiger partial charge in [-0.2, -0.15) is 5.10 Å². The molecule has 2 saturated heterocycles. The molecule has 0 amide bonds. The fraction of sp³-hybridized carbons (Fsp3) is 0.591. The first kappa shape index (κ1) is 19.4. The van der Waals surface area contributed by atoms with E-state index >= 15 is 0 Å². The molecule has 0 radical (unpaired) electrons. The van der Waals surface area contributed by atoms with E-state index in [2.05, 4.69) is 40.1 Å². The first-order valence-corrected chi connectivity index (χ1v) is 10.3. The number of nitrogens with zero attached hydrogens (tertiary/aromatic N) is 4. The molecule has 28 heavy (non-hydrogen) atoms. The van der Waals surface area contributed by atoms with Gasteiger partial charge in [0.1, 0.15) is 5.75 Å². The number of piperidine rings is 2. The molecule has 3 heterocycles. The predicted molar refractivity (Wildman–Crippen MR) is 109 cm³/mol. The number of aliphatic hydroxyl groups excluding tert-OH is 1. The number of hydrogen-bond acceptors (Lipinski definition) is 5. The van der Waals surface area contributed by atoms with Crippen LogP contribution < -0.4 is 4.74 Å². The zero-order chi connectivity index (χ0) is 19.6. The van der Waals surface area contributed by atoms with Crippen molar-refractivity contribution >= 4 is 0 Å². The Morgan fingerprint density at radius 2 is 2.07 bits per heavy atom. The lowest BCUT2D eigenvalue weighted by Gasteiger charge is -2.48. The monoisotopic (exact) mass is 384 g/mol. The summed E-state index contributed by atoms with van der Waals surface area (Å²) in [5.41, 5.74) is 2.78. The molecule has 1 aromatic heterocycles. The van der Waals surface area contributed by atoms with Gasteiger partial charge in [0.05, 0.1) is 19.8 Å². The van der Waals surface area contributed by atoms with Crippen LogP contribution in [0.15, 0.2) is 36.7 Å². The summed E-state index contributed by atoms with van der Waals surface area (Å²) in [6.45, 7) is 5.81. The average molecular weight is 385 g/mol. The van der Waals surface area contributed by atoms with Gasteiger partial charge in [0.25, 0.3) is 0 Å². The maximum atomic E-state index is 10.2. The highest BCUT2D eigenvalue weighted by Crippen LogP contribution is 2.39. The van der Waals surface area contributed by atoms with Gasteiger partial charge in [-0.1, -0.05) is 6.07 Å². The Labute approximate surface area is 167 Å². The van der Waals surface area contributed by atoms with Crippen LogP contribution in [0.5, 0.6) is 5.75 Å². The molecule has 0 saturated carbocycles. The molecular formula is C22H32N4O2. The number of hydrogen-bond donors (Lipinski definition) is 1. The molecule has 1 unspecified atom stereocenters. The molecule has 6 heteroatoms. The van der Waals surface area contributed by atoms with Gasteiger partial charge in [0.2, 0.25) is 0 Å². The van der Waals surface area contributed by atoms with Crippen LogP contribution in [-0.4, -0.2) is 71.1 Å². The Morgan fingerprint density at radius 3 is 2.75 bits per heavy atom. The molecule has 152 valence electrons. The van der Waals surface area contributed by atoms with Crippen LogP contribution in [0.3, 0.4) is 0 Å². The smallest absolute Gasteiger partial charge is 0.123 e. The molecular weight excluding hydrogens is 352 g/mol. The lowest BCUT2D eigenvalue weighted by Crippen LogP contribution is -2.52. The van der Waals surface area contributed by atoms with Crippen LogP contribution >= 0.6 is 0 Å². The van der Waals surface area contributed by atoms with E-state index < -0.39 is 0 Å². The van der Waals surface area contributed by atoms with E-state index in [0.717, 1.165) is 57.0 Å². The van der Waals surface area contributed by atoms with E-state index in [-0.39, 0.29) is 6.10 Å². The lowest BCUT2D eigenvalue weighted by molar-refractivity contribution is -0.0331. The SMILES string of the molecule is COc1ccc(CN2CCC3(CC2)CC(O)CN(C)C3)cc1Cn1cccn1. The topological polar surface area (TPSA) is 53.8 Å². The average Bonchev–Trinajstić information content (AvgIpc) is 3.16. The summed E-state index contributed by atoms with van der Waals surface area (Å²) in [6, 6.07) is 8.45. The van der Waals surface area contributed by atoms with Crippen LogP contribution in [0.25, 0.3) is 0 Å². The highest BCUT2D eigenvalue weighted by atomic mass is 16.5. The number of methoxy groups -OCH3 is 1. The summed E-state index contributed by atoms with van der Waals surface area (Å²) in [7, 11) is 3.86. The van der Waals surface area contributed by atoms with E-state index in [9.17, 15) is 5.11 Å². The molecule has 6 nitrogen and oxygen atoms in total. The van der Waals surface area contributed by atoms with E-state index in [1.807, 2.05) is 16.9 Å². The fourth-order valence-electron chi connectivity index (χ4n) is 5.05. The number of likely N-dealkylation sites (tertiary alicyclic amines) is 2. The second kappa shape index (κ2) is 8.23. The van der Waals surface area contributed by atoms with Gasteiger partial charge in [0, 0.05) is 37.6 Å². The molecule has 2 aliphatic heterocycles. The maximum Gasteiger partial charge on any atom is 0.123 e. The third-order valence-electron chi connectivity index (χ3n) is 6.36. The Kier molecular flexibility index (Phi) is 5.71. The zero-order valence-electron chi connectivity index (χ0n) is 17.0. The minimum Gasteiger partial charge on any atom is -0.496 e. The van der Waals surface area contributed by atoms with Gasteiger partial charge in [-0.05, 0) is 68.6 Å². The Hall–Kier alpha value is -1.89. The minimum atomic E-state index is -0.170. The molecule has 0 bridgehead atoms. The summed E-state index contributed by atoms with van der Waals surface area (Å²) >= 11 is 0. The standard InChI is InChI=1S/C22H32N4O2/c1-24-16-20(27)13-22(17-24)6-10-25(11-7-22)14-18-4-5-21(28-2)19(12-18)15-26-9-3-8-23-26/h3-5,8-9,12,20,27H,6-7,10-11,13-17H2,1-2H3. The van der Waals surface area contributed by atoms with E-state index in [0.29, 0.717) is 5.41 Å². The first-order valence-electron chi connectivity index (χ1n) is 10.3. The fourth-order valence-corrected chi connectivity index (χ4v) is 5.05. The van der Waals surface area contributed by atoms with Crippen LogP contribution in [-0.2, 0) is 13.1 Å². The van der Waals surface area contributed by atoms with Gasteiger partial charge in [-0.3, -0.25) is 9.58 Å². The van der Waals surface area contributed by atoms with Crippen molar-refractivity contribution in [1.82, 2.24) is 19.6 Å². The number of likely N-dealkylation sites (N-methyl/N-ethyl adjacent to an activating group) is 1. The number of aromatic nitrogens is 2. The Balaban J connectivity index is 1.40. The number of aliphatic hydroxyl groups is 1. The summed E-state index contributed by atoms with van der Waals surface area (Å²) in [6.07, 6.45) is 6.92. The first-order chi connectivity index (χ1) is 13.5. The lowest BCUT2D eigenvalue weighted by atomic mass is 9.71. The molecule has 1 N–H and O–H groups in total. The number of benzene rings is 1. The van der Waals surface area contributed by atoms with Crippen molar-refractivity contribution in [1.29, 1.82) is 0 Å². The van der Waals surface area contributed by atoms with Gasteiger partial charge >= 0.3 is 0 Å². The van der Waals surface area contributed by atoms with Crippen molar-refractivity contribution in [2.45, 2.75) is 38.5 Å². The van der Waals surface area contributed by atoms with Crippen LogP contribution in [0, 0.1) is 5.41 Å². The van der Waals surface area contributed by atoms with Gasteiger partial charge in [-0.15, -0.1) is 0 Å². The highest BCUT2D eigenvalue weighted by Gasteiger charge is 2.40. The van der Waals surface area contributed by atoms with E-state index in [1.54, 1.807) is 13.3 Å². The van der Waals surface area contributed by atoms with Crippen molar-refractivity contribution < 1.29 is 9.84 Å². The molecule has 1 spiro atoms. The van der Waals surface area contributed by atoms with Crippen molar-refractivity contribution in [3.8, 4) is 5.75 Å². The summed E-state index contributed by atoms with van der Waals surface area (Å²) in [4.78, 5) is 4.85. The molecule has 2 fully saturated rings. The quantitative estimate of drug-likeness (QED) is 0.857. The summed E-state index contributed by atoms with van der Waals surface area (Å²) < 4.78 is 7.48. The predicted octanol–water partition coefficient (Wildman–Crippen LogP) is 2.22.